The number of carbonyl (C=O) groups is 2. The number of carbonyl (C=O) groups excluding carboxylic acids is 2. The maximum Gasteiger partial charge on any atom is 0.279 e. The monoisotopic (exact) mass is 424 g/mol. The summed E-state index contributed by atoms with van der Waals surface area (Å²) in [5.41, 5.74) is 2.02. The fraction of sp³-hybridized carbons (Fsp3) is 0.158. The number of hydrogen-bond donors (Lipinski definition) is 1. The number of hydrogen-bond acceptors (Lipinski definition) is 4. The van der Waals surface area contributed by atoms with Gasteiger partial charge in [-0.25, -0.2) is 0 Å². The molecule has 0 aromatic heterocycles. The Morgan fingerprint density at radius 1 is 1.04 bits per heavy atom. The van der Waals surface area contributed by atoms with Crippen LogP contribution in [0.5, 0.6) is 5.75 Å². The molecule has 1 aliphatic heterocycles. The molecule has 2 aromatic rings. The summed E-state index contributed by atoms with van der Waals surface area (Å²) >= 11 is 18.1. The van der Waals surface area contributed by atoms with E-state index in [1.54, 1.807) is 36.4 Å². The molecule has 3 rings (SSSR count). The highest BCUT2D eigenvalue weighted by atomic mass is 35.5. The van der Waals surface area contributed by atoms with Crippen molar-refractivity contribution in [3.8, 4) is 5.75 Å². The maximum atomic E-state index is 12.8. The van der Waals surface area contributed by atoms with Gasteiger partial charge in [0.05, 0.1) is 19.3 Å². The molecule has 1 N–H and O–H groups in total. The predicted molar refractivity (Wildman–Crippen MR) is 106 cm³/mol. The molecule has 0 fully saturated rings. The Morgan fingerprint density at radius 2 is 1.70 bits per heavy atom. The number of anilines is 1. The average Bonchev–Trinajstić information content (AvgIpc) is 2.84. The number of rotatable bonds is 5. The van der Waals surface area contributed by atoms with Gasteiger partial charge in [-0.05, 0) is 36.2 Å². The Kier molecular flexibility index (Phi) is 5.65. The number of benzene rings is 2. The summed E-state index contributed by atoms with van der Waals surface area (Å²) in [7, 11) is 1.48. The van der Waals surface area contributed by atoms with Crippen LogP contribution in [0.2, 0.25) is 10.0 Å². The zero-order valence-corrected chi connectivity index (χ0v) is 16.7. The molecule has 0 bridgehead atoms. The number of aryl methyl sites for hydroxylation is 1. The van der Waals surface area contributed by atoms with Crippen LogP contribution in [0.4, 0.5) is 5.69 Å². The lowest BCUT2D eigenvalue weighted by Crippen LogP contribution is -2.31. The van der Waals surface area contributed by atoms with Gasteiger partial charge in [-0.1, -0.05) is 46.9 Å². The summed E-state index contributed by atoms with van der Waals surface area (Å²) in [6.07, 6.45) is 0. The zero-order chi connectivity index (χ0) is 19.7. The van der Waals surface area contributed by atoms with Crippen molar-refractivity contribution in [3.05, 3.63) is 68.3 Å². The highest BCUT2D eigenvalue weighted by Gasteiger charge is 2.38. The molecule has 1 aliphatic rings. The molecule has 8 heteroatoms. The summed E-state index contributed by atoms with van der Waals surface area (Å²) < 4.78 is 5.29. The van der Waals surface area contributed by atoms with Crippen molar-refractivity contribution in [1.82, 2.24) is 4.90 Å². The van der Waals surface area contributed by atoms with E-state index in [0.717, 1.165) is 16.0 Å². The van der Waals surface area contributed by atoms with Crippen LogP contribution in [-0.4, -0.2) is 23.8 Å². The van der Waals surface area contributed by atoms with Crippen molar-refractivity contribution in [1.29, 1.82) is 0 Å². The highest BCUT2D eigenvalue weighted by molar-refractivity contribution is 6.48. The molecule has 27 heavy (non-hydrogen) atoms. The third kappa shape index (κ3) is 3.90. The van der Waals surface area contributed by atoms with Crippen LogP contribution in [0.3, 0.4) is 0 Å². The van der Waals surface area contributed by atoms with Crippen molar-refractivity contribution in [2.75, 3.05) is 12.4 Å². The molecule has 0 saturated heterocycles. The number of halogens is 3. The van der Waals surface area contributed by atoms with E-state index in [1.807, 2.05) is 6.92 Å². The van der Waals surface area contributed by atoms with Gasteiger partial charge in [0.25, 0.3) is 11.8 Å². The molecular weight excluding hydrogens is 411 g/mol. The smallest absolute Gasteiger partial charge is 0.279 e. The zero-order valence-electron chi connectivity index (χ0n) is 14.5. The van der Waals surface area contributed by atoms with E-state index in [2.05, 4.69) is 5.32 Å². The first-order chi connectivity index (χ1) is 12.8. The van der Waals surface area contributed by atoms with E-state index in [4.69, 9.17) is 39.5 Å². The molecule has 0 aliphatic carbocycles. The molecule has 1 heterocycles. The fourth-order valence-corrected chi connectivity index (χ4v) is 3.15. The second kappa shape index (κ2) is 7.80. The van der Waals surface area contributed by atoms with Crippen molar-refractivity contribution in [2.45, 2.75) is 13.5 Å². The number of imide groups is 1. The third-order valence-corrected chi connectivity index (χ3v) is 5.12. The third-order valence-electron chi connectivity index (χ3n) is 4.11. The van der Waals surface area contributed by atoms with E-state index in [1.165, 1.54) is 7.11 Å². The lowest BCUT2D eigenvalue weighted by Gasteiger charge is -2.16. The van der Waals surface area contributed by atoms with Crippen LogP contribution in [0, 0.1) is 6.92 Å². The van der Waals surface area contributed by atoms with Gasteiger partial charge in [-0.15, -0.1) is 0 Å². The Balaban J connectivity index is 1.86. The molecule has 0 spiro atoms. The second-order valence-electron chi connectivity index (χ2n) is 5.94. The van der Waals surface area contributed by atoms with E-state index in [9.17, 15) is 9.59 Å². The number of nitrogens with zero attached hydrogens (tertiary/aromatic N) is 1. The molecule has 140 valence electrons. The Labute approximate surface area is 171 Å². The number of methoxy groups -OCH3 is 1. The number of nitrogens with one attached hydrogen (secondary N) is 1. The van der Waals surface area contributed by atoms with Crippen LogP contribution >= 0.6 is 34.8 Å². The van der Waals surface area contributed by atoms with Gasteiger partial charge in [0, 0.05) is 16.1 Å². The summed E-state index contributed by atoms with van der Waals surface area (Å²) in [6.45, 7) is 1.91. The lowest BCUT2D eigenvalue weighted by molar-refractivity contribution is -0.138. The minimum Gasteiger partial charge on any atom is -0.495 e. The predicted octanol–water partition coefficient (Wildman–Crippen LogP) is 4.74. The van der Waals surface area contributed by atoms with Crippen molar-refractivity contribution in [3.63, 3.8) is 0 Å². The number of ether oxygens (including phenoxy) is 1. The first-order valence-corrected chi connectivity index (χ1v) is 9.06. The molecule has 0 atom stereocenters. The maximum absolute atomic E-state index is 12.8. The van der Waals surface area contributed by atoms with Crippen LogP contribution in [0.25, 0.3) is 0 Å². The van der Waals surface area contributed by atoms with Crippen LogP contribution < -0.4 is 10.1 Å². The molecule has 5 nitrogen and oxygen atoms in total. The van der Waals surface area contributed by atoms with E-state index >= 15 is 0 Å². The Hall–Kier alpha value is -2.21. The average molecular weight is 426 g/mol. The van der Waals surface area contributed by atoms with E-state index < -0.39 is 11.8 Å². The lowest BCUT2D eigenvalue weighted by atomic mass is 10.2. The van der Waals surface area contributed by atoms with Crippen LogP contribution in [0.15, 0.2) is 47.1 Å². The number of amides is 2. The second-order valence-corrected chi connectivity index (χ2v) is 7.16. The summed E-state index contributed by atoms with van der Waals surface area (Å²) in [4.78, 5) is 26.3. The summed E-state index contributed by atoms with van der Waals surface area (Å²) in [5.74, 6) is -0.655. The standard InChI is InChI=1S/C19H15Cl3N2O3/c1-10-7-14(15(27-2)8-13(10)21)23-17-16(22)18(25)24(19(17)26)9-11-3-5-12(20)6-4-11/h3-8,23H,9H2,1-2H3. The first-order valence-electron chi connectivity index (χ1n) is 7.93. The van der Waals surface area contributed by atoms with Crippen molar-refractivity contribution >= 4 is 52.3 Å². The van der Waals surface area contributed by atoms with Gasteiger partial charge in [0.15, 0.2) is 0 Å². The molecule has 0 radical (unpaired) electrons. The van der Waals surface area contributed by atoms with Crippen molar-refractivity contribution in [2.24, 2.45) is 0 Å². The summed E-state index contributed by atoms with van der Waals surface area (Å²) in [6, 6.07) is 10.2. The van der Waals surface area contributed by atoms with Crippen LogP contribution in [0.1, 0.15) is 11.1 Å². The molecule has 0 unspecified atom stereocenters. The molecule has 2 aromatic carbocycles. The molecular formula is C19H15Cl3N2O3. The van der Waals surface area contributed by atoms with Gasteiger partial charge in [0.2, 0.25) is 0 Å². The topological polar surface area (TPSA) is 58.6 Å². The minimum atomic E-state index is -0.566. The Bertz CT molecular complexity index is 955. The van der Waals surface area contributed by atoms with Crippen molar-refractivity contribution < 1.29 is 14.3 Å². The molecule has 0 saturated carbocycles. The van der Waals surface area contributed by atoms with E-state index in [-0.39, 0.29) is 17.3 Å². The summed E-state index contributed by atoms with van der Waals surface area (Å²) in [5, 5.41) is 3.83. The quantitative estimate of drug-likeness (QED) is 0.703. The SMILES string of the molecule is COc1cc(Cl)c(C)cc1NC1=C(Cl)C(=O)N(Cc2ccc(Cl)cc2)C1=O. The van der Waals surface area contributed by atoms with Gasteiger partial charge >= 0.3 is 0 Å². The Morgan fingerprint density at radius 3 is 2.33 bits per heavy atom. The largest absolute Gasteiger partial charge is 0.495 e. The molecule has 2 amide bonds. The van der Waals surface area contributed by atoms with Gasteiger partial charge < -0.3 is 10.1 Å². The first kappa shape index (κ1) is 19.5. The van der Waals surface area contributed by atoms with Gasteiger partial charge in [-0.2, -0.15) is 0 Å². The fourth-order valence-electron chi connectivity index (χ4n) is 2.64. The highest BCUT2D eigenvalue weighted by Crippen LogP contribution is 2.34. The van der Waals surface area contributed by atoms with Gasteiger partial charge in [0.1, 0.15) is 16.5 Å². The van der Waals surface area contributed by atoms with E-state index in [0.29, 0.717) is 21.5 Å². The normalized spacial score (nSPS) is 14.2. The minimum absolute atomic E-state index is 0.00403. The van der Waals surface area contributed by atoms with Crippen LogP contribution in [-0.2, 0) is 16.1 Å². The van der Waals surface area contributed by atoms with Gasteiger partial charge in [-0.3, -0.25) is 14.5 Å².